The molecule has 0 radical (unpaired) electrons. The van der Waals surface area contributed by atoms with Crippen molar-refractivity contribution in [1.29, 1.82) is 0 Å². The van der Waals surface area contributed by atoms with Crippen LogP contribution in [0.15, 0.2) is 121 Å². The van der Waals surface area contributed by atoms with Gasteiger partial charge in [-0.3, -0.25) is 0 Å². The van der Waals surface area contributed by atoms with E-state index in [4.69, 9.17) is 114 Å². The van der Waals surface area contributed by atoms with E-state index in [0.717, 1.165) is 22.3 Å². The Balaban J connectivity index is 0.724. The third-order valence-corrected chi connectivity index (χ3v) is 21.7. The zero-order valence-electron chi connectivity index (χ0n) is 66.2. The molecule has 0 amide bonds. The Morgan fingerprint density at radius 2 is 0.469 bits per heavy atom. The van der Waals surface area contributed by atoms with Crippen molar-refractivity contribution in [3.05, 3.63) is 166 Å². The summed E-state index contributed by atoms with van der Waals surface area (Å²) in [4.78, 5) is 56.4. The molecule has 28 nitrogen and oxygen atoms in total. The zero-order valence-corrected chi connectivity index (χ0v) is 66.2. The van der Waals surface area contributed by atoms with Crippen molar-refractivity contribution >= 4 is 48.2 Å². The van der Waals surface area contributed by atoms with E-state index in [1.54, 1.807) is 135 Å². The molecule has 4 aromatic rings. The number of esters is 4. The fourth-order valence-corrected chi connectivity index (χ4v) is 17.0. The molecule has 0 saturated carbocycles. The van der Waals surface area contributed by atoms with Gasteiger partial charge in [0.15, 0.2) is 120 Å². The number of fused-ring (bicyclic) bond motifs is 4. The van der Waals surface area contributed by atoms with Gasteiger partial charge in [0, 0.05) is 24.3 Å². The molecule has 12 aliphatic rings. The third kappa shape index (κ3) is 16.8. The predicted octanol–water partition coefficient (Wildman–Crippen LogP) is 9.88. The van der Waals surface area contributed by atoms with E-state index in [1.165, 1.54) is 24.3 Å². The third-order valence-electron chi connectivity index (χ3n) is 21.7. The van der Waals surface area contributed by atoms with E-state index in [1.807, 2.05) is 97.1 Å². The fourth-order valence-electron chi connectivity index (χ4n) is 17.0. The second-order valence-corrected chi connectivity index (χ2v) is 33.9. The van der Waals surface area contributed by atoms with E-state index in [2.05, 4.69) is 0 Å². The van der Waals surface area contributed by atoms with Gasteiger partial charge in [-0.2, -0.15) is 0 Å². The molecular formula is C85H100O28. The van der Waals surface area contributed by atoms with Gasteiger partial charge in [0.2, 0.25) is 0 Å². The highest BCUT2D eigenvalue weighted by Gasteiger charge is 2.65. The maximum atomic E-state index is 14.1. The van der Waals surface area contributed by atoms with Gasteiger partial charge in [-0.1, -0.05) is 97.1 Å². The minimum atomic E-state index is -1.19. The molecule has 12 aliphatic heterocycles. The van der Waals surface area contributed by atoms with Crippen LogP contribution in [0, 0.1) is 0 Å². The van der Waals surface area contributed by atoms with Crippen LogP contribution in [0.1, 0.15) is 155 Å². The van der Waals surface area contributed by atoms with Crippen LogP contribution in [-0.4, -0.2) is 219 Å². The number of carbonyl (C=O) groups is 4. The number of carbonyl (C=O) groups excluding carboxylic acids is 4. The minimum Gasteiger partial charge on any atom is -0.453 e. The molecule has 0 bridgehead atoms. The van der Waals surface area contributed by atoms with Crippen LogP contribution in [-0.2, 0) is 138 Å². The van der Waals surface area contributed by atoms with Crippen molar-refractivity contribution in [3.63, 3.8) is 0 Å². The molecule has 0 aromatic heterocycles. The van der Waals surface area contributed by atoms with E-state index in [9.17, 15) is 19.2 Å². The summed E-state index contributed by atoms with van der Waals surface area (Å²) in [6.07, 6.45) is -3.02. The van der Waals surface area contributed by atoms with Crippen LogP contribution >= 0.6 is 0 Å². The van der Waals surface area contributed by atoms with Gasteiger partial charge < -0.3 is 114 Å². The van der Waals surface area contributed by atoms with E-state index >= 15 is 0 Å². The summed E-state index contributed by atoms with van der Waals surface area (Å²) in [5.74, 6) is -10.1. The van der Waals surface area contributed by atoms with Gasteiger partial charge in [-0.15, -0.1) is 0 Å². The maximum Gasteiger partial charge on any atom is 0.331 e. The molecule has 608 valence electrons. The highest BCUT2D eigenvalue weighted by molar-refractivity contribution is 5.89. The summed E-state index contributed by atoms with van der Waals surface area (Å²) in [5, 5.41) is 0. The Bertz CT molecular complexity index is 3760. The van der Waals surface area contributed by atoms with Gasteiger partial charge in [0.25, 0.3) is 0 Å². The van der Waals surface area contributed by atoms with Crippen LogP contribution in [0.5, 0.6) is 0 Å². The number of benzene rings is 4. The van der Waals surface area contributed by atoms with E-state index < -0.39 is 198 Å². The molecule has 0 N–H and O–H groups in total. The van der Waals surface area contributed by atoms with Crippen LogP contribution < -0.4 is 0 Å². The van der Waals surface area contributed by atoms with Gasteiger partial charge in [-0.05, 0) is 180 Å². The van der Waals surface area contributed by atoms with Crippen molar-refractivity contribution < 1.29 is 133 Å². The van der Waals surface area contributed by atoms with Crippen molar-refractivity contribution in [2.45, 2.75) is 285 Å². The number of hydrogen-bond donors (Lipinski definition) is 0. The molecule has 0 spiro atoms. The van der Waals surface area contributed by atoms with Gasteiger partial charge in [0.05, 0.1) is 31.8 Å². The van der Waals surface area contributed by atoms with Gasteiger partial charge >= 0.3 is 23.9 Å². The summed E-state index contributed by atoms with van der Waals surface area (Å²) < 4.78 is 148. The Kier molecular flexibility index (Phi) is 21.0. The Morgan fingerprint density at radius 3 is 0.646 bits per heavy atom. The molecular weight excluding hydrogens is 1470 g/mol. The first-order chi connectivity index (χ1) is 53.3. The van der Waals surface area contributed by atoms with Crippen molar-refractivity contribution in [2.75, 3.05) is 26.4 Å². The van der Waals surface area contributed by atoms with E-state index in [-0.39, 0.29) is 26.4 Å². The Labute approximate surface area is 655 Å². The molecule has 12 fully saturated rings. The lowest BCUT2D eigenvalue weighted by molar-refractivity contribution is -0.234. The minimum absolute atomic E-state index is 0.205. The highest BCUT2D eigenvalue weighted by atomic mass is 16.9. The predicted molar refractivity (Wildman–Crippen MR) is 395 cm³/mol. The maximum absolute atomic E-state index is 14.1. The molecule has 28 heteroatoms. The summed E-state index contributed by atoms with van der Waals surface area (Å²) in [6, 6.07) is 31.1. The number of ether oxygens (including phenoxy) is 24. The van der Waals surface area contributed by atoms with Crippen LogP contribution in [0.25, 0.3) is 24.3 Å². The lowest BCUT2D eigenvalue weighted by Crippen LogP contribution is -2.45. The first-order valence-electron chi connectivity index (χ1n) is 38.6. The lowest BCUT2D eigenvalue weighted by Gasteiger charge is -2.37. The van der Waals surface area contributed by atoms with Crippen molar-refractivity contribution in [3.8, 4) is 0 Å². The molecule has 0 aliphatic carbocycles. The zero-order chi connectivity index (χ0) is 79.7. The Morgan fingerprint density at radius 1 is 0.274 bits per heavy atom. The molecule has 20 atom stereocenters. The second kappa shape index (κ2) is 29.8. The summed E-state index contributed by atoms with van der Waals surface area (Å²) >= 11 is 0. The van der Waals surface area contributed by atoms with Gasteiger partial charge in [0.1, 0.15) is 48.8 Å². The average Bonchev–Trinajstić information content (AvgIpc) is 1.70. The van der Waals surface area contributed by atoms with Gasteiger partial charge in [-0.25, -0.2) is 19.2 Å². The molecule has 12 heterocycles. The largest absolute Gasteiger partial charge is 0.453 e. The molecule has 113 heavy (non-hydrogen) atoms. The number of rotatable bonds is 20. The highest BCUT2D eigenvalue weighted by Crippen LogP contribution is 2.50. The molecule has 16 rings (SSSR count). The Hall–Kier alpha value is -7.08. The molecule has 4 aromatic carbocycles. The smallest absolute Gasteiger partial charge is 0.331 e. The normalized spacial score (nSPS) is 36.4. The van der Waals surface area contributed by atoms with Crippen LogP contribution in [0.3, 0.4) is 0 Å². The topological polar surface area (TPSA) is 290 Å². The summed E-state index contributed by atoms with van der Waals surface area (Å²) in [5.41, 5.74) is 4.51. The molecule has 0 unspecified atom stereocenters. The van der Waals surface area contributed by atoms with Crippen molar-refractivity contribution in [2.24, 2.45) is 0 Å². The first-order valence-corrected chi connectivity index (χ1v) is 38.6. The van der Waals surface area contributed by atoms with E-state index in [0.29, 0.717) is 22.3 Å². The quantitative estimate of drug-likeness (QED) is 0.0344. The van der Waals surface area contributed by atoms with Crippen LogP contribution in [0.4, 0.5) is 0 Å². The fraction of sp³-hybridized carbons (Fsp3) is 0.576. The first kappa shape index (κ1) is 79.7. The molecule has 12 saturated heterocycles. The SMILES string of the molecule is CC1(C)O[C@H]2O[C@H]([C@H]3COC(C)(C)O3)[C@H](OC(=O)/C=C/c3ccc(C(c4ccc(/C=C/C(=O)O[C@@H]5[C@H]6OC(C)(C)O[C@H]6O[C@@H]5[C@H]5COC(C)(C)O5)cc4)(c4ccc(/C=C/C(=O)O[C@@H]5[C@H]6OC(C)(C)O[C@H]6O[C@@H]5[C@H]5COC(C)(C)O5)cc4)c4ccc(/C=C/C(=O)O[C@@H]5[C@H]6OC(C)(C)O[C@H]6O[C@@H]5[C@H]5COC(C)(C)O5)cc4)cc3)[C@H]2O1. The monoisotopic (exact) mass is 1570 g/mol. The average molecular weight is 1570 g/mol. The van der Waals surface area contributed by atoms with Crippen LogP contribution in [0.2, 0.25) is 0 Å². The number of hydrogen-bond acceptors (Lipinski definition) is 28. The lowest BCUT2D eigenvalue weighted by atomic mass is 9.65. The van der Waals surface area contributed by atoms with Crippen molar-refractivity contribution in [1.82, 2.24) is 0 Å². The summed E-state index contributed by atoms with van der Waals surface area (Å²) in [7, 11) is 0. The standard InChI is InChI=1S/C85H100O28/c1-77(2)90-41-53(102-77)61-65(69-73(98-61)110-81(9,10)106-69)94-57(86)37-25-45-17-29-49(30-18-45)85(50-31-19-46(20-32-50)26-38-58(87)95-66-62(54-42-91-78(3,4)103-54)99-74-70(66)107-82(11,12)111-74,51-33-21-47(22-34-51)27-39-59(88)96-67-63(55-43-92-79(5,6)104-55)100-75-71(67)108-83(13,14)112-75)52-35-23-48(24-36-52)28-40-60(89)97-68-64(56-44-93-80(7,8)105-56)101-76-72(68)109-84(15,16)113-76/h17-40,53-56,61-76H,41-44H2,1-16H3/b37-25+,38-26+,39-27+,40-28+/t53-,54-,55-,56-,61-,62-,63-,64-,65+,66+,67+,68+,69-,70-,71-,72-,73-,74-,75-,76-/m1/s1. The summed E-state index contributed by atoms with van der Waals surface area (Å²) in [6.45, 7) is 29.4. The second-order valence-electron chi connectivity index (χ2n) is 33.9.